The van der Waals surface area contributed by atoms with Crippen molar-refractivity contribution in [3.05, 3.63) is 89.2 Å². The zero-order valence-electron chi connectivity index (χ0n) is 18.6. The van der Waals surface area contributed by atoms with Crippen LogP contribution in [0.5, 0.6) is 11.5 Å². The lowest BCUT2D eigenvalue weighted by atomic mass is 9.69. The molecule has 4 heterocycles. The molecule has 176 valence electrons. The van der Waals surface area contributed by atoms with Crippen molar-refractivity contribution in [1.82, 2.24) is 4.90 Å². The fourth-order valence-electron chi connectivity index (χ4n) is 6.33. The summed E-state index contributed by atoms with van der Waals surface area (Å²) in [5, 5.41) is 2.97. The van der Waals surface area contributed by atoms with Crippen molar-refractivity contribution in [2.24, 2.45) is 5.92 Å². The van der Waals surface area contributed by atoms with E-state index in [0.717, 1.165) is 11.3 Å². The number of carbonyl (C=O) groups excluding carboxylic acids is 2. The van der Waals surface area contributed by atoms with Crippen LogP contribution in [0, 0.1) is 11.7 Å². The maximum absolute atomic E-state index is 14.6. The normalized spacial score (nSPS) is 28.3. The number of carbonyl (C=O) groups is 2. The van der Waals surface area contributed by atoms with Gasteiger partial charge >= 0.3 is 0 Å². The van der Waals surface area contributed by atoms with Crippen LogP contribution >= 0.6 is 11.8 Å². The van der Waals surface area contributed by atoms with Crippen LogP contribution < -0.4 is 14.8 Å². The van der Waals surface area contributed by atoms with Crippen LogP contribution in [-0.4, -0.2) is 41.1 Å². The number of hydrogen-bond acceptors (Lipinski definition) is 6. The molecule has 0 unspecified atom stereocenters. The number of fused-ring (bicyclic) bond motifs is 5. The molecule has 35 heavy (non-hydrogen) atoms. The Bertz CT molecular complexity index is 1380. The molecule has 0 aromatic heterocycles. The van der Waals surface area contributed by atoms with Crippen molar-refractivity contribution in [3.8, 4) is 11.5 Å². The average molecular weight is 489 g/mol. The molecule has 1 N–H and O–H groups in total. The second kappa shape index (κ2) is 7.57. The van der Waals surface area contributed by atoms with E-state index >= 15 is 0 Å². The summed E-state index contributed by atoms with van der Waals surface area (Å²) in [5.41, 5.74) is 1.24. The number of amides is 1. The minimum atomic E-state index is -1.31. The number of thioether (sulfide) groups is 1. The molecule has 1 amide bonds. The first kappa shape index (κ1) is 21.0. The van der Waals surface area contributed by atoms with Gasteiger partial charge in [-0.2, -0.15) is 0 Å². The van der Waals surface area contributed by atoms with Gasteiger partial charge < -0.3 is 14.8 Å². The van der Waals surface area contributed by atoms with Crippen LogP contribution in [0.3, 0.4) is 0 Å². The van der Waals surface area contributed by atoms with Crippen molar-refractivity contribution < 1.29 is 23.5 Å². The standard InChI is InChI=1S/C27H21FN2O4S/c28-17-7-8-19-18(11-17)27(26(32)29-19)24(25(31)16-6-9-21-22(10-16)34-14-33-21)23(15-4-2-1-3-5-15)20-12-35-13-30(20)27/h1-11,20,23-24H,12-14H2,(H,29,32)/t20-,23+,24-,27+/m0/s1. The molecular weight excluding hydrogens is 467 g/mol. The molecule has 3 aromatic carbocycles. The minimum absolute atomic E-state index is 0.0506. The monoisotopic (exact) mass is 488 g/mol. The lowest BCUT2D eigenvalue weighted by Gasteiger charge is -2.36. The van der Waals surface area contributed by atoms with Crippen molar-refractivity contribution in [3.63, 3.8) is 0 Å². The van der Waals surface area contributed by atoms with Gasteiger partial charge in [-0.15, -0.1) is 11.8 Å². The highest BCUT2D eigenvalue weighted by Crippen LogP contribution is 2.61. The molecule has 4 aliphatic rings. The summed E-state index contributed by atoms with van der Waals surface area (Å²) in [6, 6.07) is 19.3. The first-order valence-corrected chi connectivity index (χ1v) is 12.7. The van der Waals surface area contributed by atoms with Gasteiger partial charge in [-0.25, -0.2) is 4.39 Å². The fraction of sp³-hybridized carbons (Fsp3) is 0.259. The maximum atomic E-state index is 14.6. The number of rotatable bonds is 3. The number of nitrogens with one attached hydrogen (secondary N) is 1. The predicted molar refractivity (Wildman–Crippen MR) is 129 cm³/mol. The number of anilines is 1. The Hall–Kier alpha value is -3.36. The van der Waals surface area contributed by atoms with E-state index in [1.54, 1.807) is 36.0 Å². The van der Waals surface area contributed by atoms with E-state index < -0.39 is 17.3 Å². The Kier molecular flexibility index (Phi) is 4.53. The van der Waals surface area contributed by atoms with Crippen LogP contribution in [0.4, 0.5) is 10.1 Å². The third-order valence-electron chi connectivity index (χ3n) is 7.71. The van der Waals surface area contributed by atoms with Crippen molar-refractivity contribution >= 4 is 29.1 Å². The molecule has 0 saturated carbocycles. The number of Topliss-reactive ketones (excluding diaryl/α,β-unsaturated/α-hetero) is 1. The number of benzene rings is 3. The Morgan fingerprint density at radius 1 is 1.06 bits per heavy atom. The van der Waals surface area contributed by atoms with Gasteiger partial charge in [0, 0.05) is 40.4 Å². The number of ketones is 1. The molecule has 8 heteroatoms. The highest BCUT2D eigenvalue weighted by atomic mass is 32.2. The van der Waals surface area contributed by atoms with Crippen LogP contribution in [-0.2, 0) is 10.3 Å². The second-order valence-electron chi connectivity index (χ2n) is 9.29. The summed E-state index contributed by atoms with van der Waals surface area (Å²) < 4.78 is 25.6. The maximum Gasteiger partial charge on any atom is 0.250 e. The summed E-state index contributed by atoms with van der Waals surface area (Å²) in [6.07, 6.45) is 0. The smallest absolute Gasteiger partial charge is 0.250 e. The summed E-state index contributed by atoms with van der Waals surface area (Å²) in [5.74, 6) is 0.602. The zero-order chi connectivity index (χ0) is 23.7. The van der Waals surface area contributed by atoms with Crippen molar-refractivity contribution in [2.75, 3.05) is 23.7 Å². The fourth-order valence-corrected chi connectivity index (χ4v) is 7.65. The van der Waals surface area contributed by atoms with Crippen LogP contribution in [0.2, 0.25) is 0 Å². The predicted octanol–water partition coefficient (Wildman–Crippen LogP) is 4.37. The number of ether oxygens (including phenoxy) is 2. The van der Waals surface area contributed by atoms with Gasteiger partial charge in [0.25, 0.3) is 0 Å². The van der Waals surface area contributed by atoms with Crippen LogP contribution in [0.1, 0.15) is 27.4 Å². The van der Waals surface area contributed by atoms with E-state index in [-0.39, 0.29) is 30.4 Å². The number of halogens is 1. The third-order valence-corrected chi connectivity index (χ3v) is 8.74. The lowest BCUT2D eigenvalue weighted by molar-refractivity contribution is -0.127. The van der Waals surface area contributed by atoms with E-state index in [2.05, 4.69) is 10.2 Å². The first-order chi connectivity index (χ1) is 17.1. The van der Waals surface area contributed by atoms with E-state index in [1.807, 2.05) is 30.3 Å². The molecule has 4 atom stereocenters. The molecule has 0 aliphatic carbocycles. The van der Waals surface area contributed by atoms with Gasteiger partial charge in [0.1, 0.15) is 11.4 Å². The van der Waals surface area contributed by atoms with Gasteiger partial charge in [0.2, 0.25) is 12.7 Å². The molecule has 2 fully saturated rings. The largest absolute Gasteiger partial charge is 0.454 e. The van der Waals surface area contributed by atoms with E-state index in [4.69, 9.17) is 9.47 Å². The topological polar surface area (TPSA) is 67.9 Å². The van der Waals surface area contributed by atoms with E-state index in [0.29, 0.717) is 34.2 Å². The molecule has 3 aromatic rings. The van der Waals surface area contributed by atoms with Crippen LogP contribution in [0.25, 0.3) is 0 Å². The molecule has 6 nitrogen and oxygen atoms in total. The summed E-state index contributed by atoms with van der Waals surface area (Å²) in [6.45, 7) is 0.106. The summed E-state index contributed by atoms with van der Waals surface area (Å²) >= 11 is 1.74. The Morgan fingerprint density at radius 3 is 2.74 bits per heavy atom. The molecule has 0 bridgehead atoms. The van der Waals surface area contributed by atoms with Gasteiger partial charge in [-0.05, 0) is 42.0 Å². The van der Waals surface area contributed by atoms with Crippen LogP contribution in [0.15, 0.2) is 66.7 Å². The van der Waals surface area contributed by atoms with Gasteiger partial charge in [-0.3, -0.25) is 14.5 Å². The van der Waals surface area contributed by atoms with Crippen molar-refractivity contribution in [2.45, 2.75) is 17.5 Å². The quantitative estimate of drug-likeness (QED) is 0.553. The molecule has 7 rings (SSSR count). The lowest BCUT2D eigenvalue weighted by Crippen LogP contribution is -2.52. The van der Waals surface area contributed by atoms with E-state index in [1.165, 1.54) is 12.1 Å². The third kappa shape index (κ3) is 2.81. The SMILES string of the molecule is O=C(c1ccc2c(c1)OCO2)[C@@H]1[C@H](c2ccccc2)[C@@H]2CSCN2[C@@]12C(=O)Nc1ccc(F)cc12. The van der Waals surface area contributed by atoms with Gasteiger partial charge in [-0.1, -0.05) is 30.3 Å². The first-order valence-electron chi connectivity index (χ1n) is 11.5. The summed E-state index contributed by atoms with van der Waals surface area (Å²) in [4.78, 5) is 30.5. The Morgan fingerprint density at radius 2 is 1.89 bits per heavy atom. The molecule has 0 radical (unpaired) electrons. The zero-order valence-corrected chi connectivity index (χ0v) is 19.4. The van der Waals surface area contributed by atoms with Gasteiger partial charge in [0.15, 0.2) is 17.3 Å². The average Bonchev–Trinajstić information content (AvgIpc) is 3.63. The Labute approximate surface area is 205 Å². The van der Waals surface area contributed by atoms with Gasteiger partial charge in [0.05, 0.1) is 5.92 Å². The molecule has 4 aliphatic heterocycles. The molecule has 2 saturated heterocycles. The van der Waals surface area contributed by atoms with E-state index in [9.17, 15) is 14.0 Å². The highest BCUT2D eigenvalue weighted by Gasteiger charge is 2.69. The number of nitrogens with zero attached hydrogens (tertiary/aromatic N) is 1. The highest BCUT2D eigenvalue weighted by molar-refractivity contribution is 7.99. The molecular formula is C27H21FN2O4S. The minimum Gasteiger partial charge on any atom is -0.454 e. The second-order valence-corrected chi connectivity index (χ2v) is 10.3. The Balaban J connectivity index is 1.47. The van der Waals surface area contributed by atoms with Crippen molar-refractivity contribution in [1.29, 1.82) is 0 Å². The summed E-state index contributed by atoms with van der Waals surface area (Å²) in [7, 11) is 0. The number of hydrogen-bond donors (Lipinski definition) is 1. The molecule has 1 spiro atoms.